The predicted molar refractivity (Wildman–Crippen MR) is 73.3 cm³/mol. The van der Waals surface area contributed by atoms with Gasteiger partial charge in [-0.2, -0.15) is 26.3 Å². The van der Waals surface area contributed by atoms with E-state index in [0.717, 1.165) is 0 Å². The van der Waals surface area contributed by atoms with Crippen molar-refractivity contribution in [3.63, 3.8) is 0 Å². The van der Waals surface area contributed by atoms with Gasteiger partial charge in [0.15, 0.2) is 0 Å². The SMILES string of the molecule is O=C(C=C(F)F)OCC(CO)(COC(=O)C=C(F)F)COC(=O)C=C(F)F. The maximum atomic E-state index is 12.0. The molecule has 0 bridgehead atoms. The molecule has 0 aliphatic heterocycles. The van der Waals surface area contributed by atoms with Gasteiger partial charge in [0.25, 0.3) is 18.2 Å². The van der Waals surface area contributed by atoms with E-state index in [9.17, 15) is 45.8 Å². The fraction of sp³-hybridized carbons (Fsp3) is 0.357. The van der Waals surface area contributed by atoms with Gasteiger partial charge < -0.3 is 19.3 Å². The maximum absolute atomic E-state index is 12.0. The van der Waals surface area contributed by atoms with Crippen molar-refractivity contribution in [2.45, 2.75) is 0 Å². The van der Waals surface area contributed by atoms with Crippen LogP contribution in [0.25, 0.3) is 0 Å². The topological polar surface area (TPSA) is 99.1 Å². The summed E-state index contributed by atoms with van der Waals surface area (Å²) in [4.78, 5) is 33.3. The van der Waals surface area contributed by atoms with Crippen molar-refractivity contribution >= 4 is 17.9 Å². The summed E-state index contributed by atoms with van der Waals surface area (Å²) in [5, 5.41) is 9.40. The molecule has 0 rings (SSSR count). The van der Waals surface area contributed by atoms with Gasteiger partial charge in [-0.15, -0.1) is 0 Å². The number of hydrogen-bond donors (Lipinski definition) is 1. The lowest BCUT2D eigenvalue weighted by Gasteiger charge is -2.29. The number of ether oxygens (including phenoxy) is 3. The Morgan fingerprint density at radius 1 is 0.667 bits per heavy atom. The molecule has 0 aromatic rings. The molecular formula is C14H12F6O7. The van der Waals surface area contributed by atoms with Crippen molar-refractivity contribution in [3.8, 4) is 0 Å². The van der Waals surface area contributed by atoms with Crippen molar-refractivity contribution in [1.29, 1.82) is 0 Å². The van der Waals surface area contributed by atoms with Crippen LogP contribution >= 0.6 is 0 Å². The average Bonchev–Trinajstić information content (AvgIpc) is 2.52. The lowest BCUT2D eigenvalue weighted by molar-refractivity contribution is -0.159. The van der Waals surface area contributed by atoms with Gasteiger partial charge >= 0.3 is 17.9 Å². The summed E-state index contributed by atoms with van der Waals surface area (Å²) in [6, 6.07) is 0. The van der Waals surface area contributed by atoms with Crippen molar-refractivity contribution < 1.29 is 60.0 Å². The normalized spacial score (nSPS) is 10.3. The van der Waals surface area contributed by atoms with Gasteiger partial charge in [-0.1, -0.05) is 0 Å². The number of aliphatic hydroxyl groups excluding tert-OH is 1. The van der Waals surface area contributed by atoms with E-state index in [1.165, 1.54) is 0 Å². The van der Waals surface area contributed by atoms with Crippen LogP contribution in [0, 0.1) is 5.41 Å². The maximum Gasteiger partial charge on any atom is 0.336 e. The third kappa shape index (κ3) is 11.4. The quantitative estimate of drug-likeness (QED) is 0.256. The second-order valence-corrected chi connectivity index (χ2v) is 4.78. The van der Waals surface area contributed by atoms with E-state index in [4.69, 9.17) is 0 Å². The summed E-state index contributed by atoms with van der Waals surface area (Å²) in [7, 11) is 0. The number of hydrogen-bond acceptors (Lipinski definition) is 7. The minimum atomic E-state index is -2.42. The van der Waals surface area contributed by atoms with Gasteiger partial charge in [-0.25, -0.2) is 14.4 Å². The number of halogens is 6. The number of aliphatic hydroxyl groups is 1. The van der Waals surface area contributed by atoms with Crippen LogP contribution in [-0.4, -0.2) is 49.4 Å². The van der Waals surface area contributed by atoms with Crippen LogP contribution < -0.4 is 0 Å². The van der Waals surface area contributed by atoms with Gasteiger partial charge in [0.2, 0.25) is 0 Å². The van der Waals surface area contributed by atoms with Crippen LogP contribution in [-0.2, 0) is 28.6 Å². The van der Waals surface area contributed by atoms with Crippen molar-refractivity contribution in [2.24, 2.45) is 5.41 Å². The van der Waals surface area contributed by atoms with Crippen LogP contribution in [0.4, 0.5) is 26.3 Å². The summed E-state index contributed by atoms with van der Waals surface area (Å²) in [5.41, 5.74) is -2.00. The van der Waals surface area contributed by atoms with E-state index >= 15 is 0 Å². The molecule has 7 nitrogen and oxygen atoms in total. The molecule has 0 saturated carbocycles. The Labute approximate surface area is 147 Å². The van der Waals surface area contributed by atoms with E-state index in [1.807, 2.05) is 0 Å². The monoisotopic (exact) mass is 406 g/mol. The second kappa shape index (κ2) is 11.7. The Kier molecular flexibility index (Phi) is 10.5. The fourth-order valence-electron chi connectivity index (χ4n) is 1.33. The Morgan fingerprint density at radius 3 is 1.11 bits per heavy atom. The molecule has 0 aromatic carbocycles. The molecule has 152 valence electrons. The molecule has 0 radical (unpaired) electrons. The summed E-state index contributed by atoms with van der Waals surface area (Å²) >= 11 is 0. The van der Waals surface area contributed by atoms with Crippen LogP contribution in [0.5, 0.6) is 0 Å². The summed E-state index contributed by atoms with van der Waals surface area (Å²) in [5.74, 6) is -4.76. The third-order valence-corrected chi connectivity index (χ3v) is 2.58. The van der Waals surface area contributed by atoms with Crippen molar-refractivity contribution in [2.75, 3.05) is 26.4 Å². The molecule has 0 aliphatic rings. The summed E-state index contributed by atoms with van der Waals surface area (Å²) in [6.45, 7) is -4.05. The molecule has 0 saturated heterocycles. The smallest absolute Gasteiger partial charge is 0.336 e. The van der Waals surface area contributed by atoms with Gasteiger partial charge in [0.1, 0.15) is 19.8 Å². The van der Waals surface area contributed by atoms with E-state index < -0.39 is 68.0 Å². The van der Waals surface area contributed by atoms with Crippen LogP contribution in [0.3, 0.4) is 0 Å². The number of carbonyl (C=O) groups excluding carboxylic acids is 3. The molecule has 0 unspecified atom stereocenters. The fourth-order valence-corrected chi connectivity index (χ4v) is 1.33. The largest absolute Gasteiger partial charge is 0.461 e. The lowest BCUT2D eigenvalue weighted by atomic mass is 9.92. The summed E-state index contributed by atoms with van der Waals surface area (Å²) in [6.07, 6.45) is -7.95. The van der Waals surface area contributed by atoms with Crippen molar-refractivity contribution in [3.05, 3.63) is 36.5 Å². The molecule has 0 amide bonds. The van der Waals surface area contributed by atoms with E-state index in [1.54, 1.807) is 0 Å². The molecule has 0 heterocycles. The van der Waals surface area contributed by atoms with E-state index in [-0.39, 0.29) is 18.2 Å². The Morgan fingerprint density at radius 2 is 0.926 bits per heavy atom. The molecule has 0 aromatic heterocycles. The third-order valence-electron chi connectivity index (χ3n) is 2.58. The first-order valence-corrected chi connectivity index (χ1v) is 6.69. The Bertz CT molecular complexity index is 548. The highest BCUT2D eigenvalue weighted by Gasteiger charge is 2.35. The molecule has 27 heavy (non-hydrogen) atoms. The highest BCUT2D eigenvalue weighted by atomic mass is 19.3. The Balaban J connectivity index is 5.22. The first-order chi connectivity index (χ1) is 12.5. The molecule has 0 aliphatic carbocycles. The summed E-state index contributed by atoms with van der Waals surface area (Å²) < 4.78 is 84.8. The van der Waals surface area contributed by atoms with Gasteiger partial charge in [0, 0.05) is 0 Å². The van der Waals surface area contributed by atoms with Gasteiger partial charge in [-0.3, -0.25) is 0 Å². The lowest BCUT2D eigenvalue weighted by Crippen LogP contribution is -2.42. The van der Waals surface area contributed by atoms with Crippen LogP contribution in [0.15, 0.2) is 36.5 Å². The van der Waals surface area contributed by atoms with E-state index in [2.05, 4.69) is 14.2 Å². The van der Waals surface area contributed by atoms with Crippen LogP contribution in [0.2, 0.25) is 0 Å². The first kappa shape index (κ1) is 24.2. The van der Waals surface area contributed by atoms with Gasteiger partial charge in [-0.05, 0) is 0 Å². The first-order valence-electron chi connectivity index (χ1n) is 6.69. The molecule has 13 heteroatoms. The predicted octanol–water partition coefficient (Wildman–Crippen LogP) is 1.94. The molecule has 0 spiro atoms. The zero-order valence-electron chi connectivity index (χ0n) is 13.2. The van der Waals surface area contributed by atoms with Crippen molar-refractivity contribution in [1.82, 2.24) is 0 Å². The Hall–Kier alpha value is -2.83. The number of rotatable bonds is 10. The minimum absolute atomic E-state index is 0.234. The highest BCUT2D eigenvalue weighted by Crippen LogP contribution is 2.20. The zero-order valence-corrected chi connectivity index (χ0v) is 13.2. The molecule has 1 N–H and O–H groups in total. The second-order valence-electron chi connectivity index (χ2n) is 4.78. The number of carbonyl (C=O) groups is 3. The van der Waals surface area contributed by atoms with Gasteiger partial charge in [0.05, 0.1) is 30.2 Å². The highest BCUT2D eigenvalue weighted by molar-refractivity contribution is 5.83. The zero-order chi connectivity index (χ0) is 21.0. The molecule has 0 fully saturated rings. The molecular weight excluding hydrogens is 394 g/mol. The van der Waals surface area contributed by atoms with E-state index in [0.29, 0.717) is 0 Å². The van der Waals surface area contributed by atoms with Crippen LogP contribution in [0.1, 0.15) is 0 Å². The number of esters is 3. The average molecular weight is 406 g/mol. The molecule has 0 atom stereocenters. The standard InChI is InChI=1S/C14H12F6O7/c15-8(16)1-11(22)25-5-14(4-21,6-26-12(23)2-9(17)18)7-27-13(24)3-10(19)20/h1-3,21H,4-7H2. The minimum Gasteiger partial charge on any atom is -0.461 e.